The van der Waals surface area contributed by atoms with Gasteiger partial charge < -0.3 is 4.74 Å². The van der Waals surface area contributed by atoms with Gasteiger partial charge in [0.2, 0.25) is 0 Å². The largest absolute Gasteiger partial charge is 0.461 e. The molecular formula is C15H21NO3S. The standard InChI is InChI=1S/C15H21NO3S/c1-15(2,3)20(18)16-11-7-10-14(17)19-12-13-8-5-4-6-9-13/h4-6,8-9,11H,7,10,12H2,1-3H3/t20-/m0/s1. The molecule has 0 saturated heterocycles. The fraction of sp³-hybridized carbons (Fsp3) is 0.467. The molecule has 1 atom stereocenters. The molecular weight excluding hydrogens is 274 g/mol. The summed E-state index contributed by atoms with van der Waals surface area (Å²) in [4.78, 5) is 11.5. The molecule has 0 amide bonds. The van der Waals surface area contributed by atoms with Crippen LogP contribution in [0.5, 0.6) is 0 Å². The Morgan fingerprint density at radius 2 is 1.95 bits per heavy atom. The normalized spacial score (nSPS) is 13.3. The van der Waals surface area contributed by atoms with Gasteiger partial charge in [-0.05, 0) is 32.8 Å². The minimum absolute atomic E-state index is 0.248. The molecule has 1 aromatic rings. The molecule has 0 aliphatic rings. The molecule has 0 bridgehead atoms. The summed E-state index contributed by atoms with van der Waals surface area (Å²) in [5.74, 6) is -0.276. The summed E-state index contributed by atoms with van der Waals surface area (Å²) in [7, 11) is -1.27. The highest BCUT2D eigenvalue weighted by Crippen LogP contribution is 2.11. The van der Waals surface area contributed by atoms with Crippen molar-refractivity contribution in [1.29, 1.82) is 0 Å². The van der Waals surface area contributed by atoms with E-state index in [1.54, 1.807) is 0 Å². The maximum Gasteiger partial charge on any atom is 0.306 e. The zero-order valence-corrected chi connectivity index (χ0v) is 13.0. The van der Waals surface area contributed by atoms with Crippen LogP contribution in [0.2, 0.25) is 0 Å². The van der Waals surface area contributed by atoms with E-state index in [1.165, 1.54) is 6.21 Å². The number of carbonyl (C=O) groups is 1. The quantitative estimate of drug-likeness (QED) is 0.598. The molecule has 0 heterocycles. The molecule has 0 radical (unpaired) electrons. The molecule has 1 aromatic carbocycles. The van der Waals surface area contributed by atoms with Crippen LogP contribution in [0, 0.1) is 0 Å². The van der Waals surface area contributed by atoms with Crippen molar-refractivity contribution < 1.29 is 13.7 Å². The fourth-order valence-corrected chi connectivity index (χ4v) is 1.83. The monoisotopic (exact) mass is 295 g/mol. The Hall–Kier alpha value is -1.49. The summed E-state index contributed by atoms with van der Waals surface area (Å²) in [6.45, 7) is 5.85. The lowest BCUT2D eigenvalue weighted by Gasteiger charge is -2.12. The number of carbonyl (C=O) groups excluding carboxylic acids is 1. The predicted octanol–water partition coefficient (Wildman–Crippen LogP) is 3.04. The number of ether oxygens (including phenoxy) is 1. The summed E-state index contributed by atoms with van der Waals surface area (Å²) in [5, 5.41) is 0. The lowest BCUT2D eigenvalue weighted by molar-refractivity contribution is -0.144. The lowest BCUT2D eigenvalue weighted by atomic mass is 10.2. The highest BCUT2D eigenvalue weighted by atomic mass is 32.2. The van der Waals surface area contributed by atoms with Crippen molar-refractivity contribution in [2.24, 2.45) is 4.40 Å². The van der Waals surface area contributed by atoms with Crippen LogP contribution in [0.1, 0.15) is 39.2 Å². The Labute approximate surface area is 122 Å². The van der Waals surface area contributed by atoms with E-state index in [1.807, 2.05) is 51.1 Å². The van der Waals surface area contributed by atoms with Crippen molar-refractivity contribution in [2.75, 3.05) is 0 Å². The highest BCUT2D eigenvalue weighted by Gasteiger charge is 2.17. The van der Waals surface area contributed by atoms with Crippen LogP contribution < -0.4 is 0 Å². The Bertz CT molecular complexity index is 478. The van der Waals surface area contributed by atoms with Crippen LogP contribution in [0.3, 0.4) is 0 Å². The first-order valence-electron chi connectivity index (χ1n) is 6.53. The van der Waals surface area contributed by atoms with Gasteiger partial charge in [-0.1, -0.05) is 30.3 Å². The van der Waals surface area contributed by atoms with E-state index in [9.17, 15) is 9.00 Å². The Morgan fingerprint density at radius 1 is 1.30 bits per heavy atom. The SMILES string of the molecule is CC(C)(C)[S@](=O)N=CCCC(=O)OCc1ccccc1. The molecule has 110 valence electrons. The van der Waals surface area contributed by atoms with Crippen LogP contribution in [-0.4, -0.2) is 21.1 Å². The van der Waals surface area contributed by atoms with Crippen LogP contribution in [-0.2, 0) is 27.1 Å². The second kappa shape index (κ2) is 7.94. The second-order valence-corrected chi connectivity index (χ2v) is 7.27. The summed E-state index contributed by atoms with van der Waals surface area (Å²) in [5.41, 5.74) is 0.961. The molecule has 5 heteroatoms. The molecule has 0 saturated carbocycles. The first-order chi connectivity index (χ1) is 9.39. The van der Waals surface area contributed by atoms with Gasteiger partial charge in [-0.3, -0.25) is 4.79 Å². The Morgan fingerprint density at radius 3 is 2.55 bits per heavy atom. The van der Waals surface area contributed by atoms with Crippen LogP contribution >= 0.6 is 0 Å². The van der Waals surface area contributed by atoms with Crippen molar-refractivity contribution >= 4 is 23.2 Å². The molecule has 0 N–H and O–H groups in total. The number of hydrogen-bond acceptors (Lipinski definition) is 3. The number of hydrogen-bond donors (Lipinski definition) is 0. The summed E-state index contributed by atoms with van der Waals surface area (Å²) < 4.78 is 20.3. The summed E-state index contributed by atoms with van der Waals surface area (Å²) >= 11 is 0. The number of nitrogens with zero attached hydrogens (tertiary/aromatic N) is 1. The topological polar surface area (TPSA) is 55.7 Å². The van der Waals surface area contributed by atoms with Gasteiger partial charge in [-0.15, -0.1) is 0 Å². The smallest absolute Gasteiger partial charge is 0.306 e. The van der Waals surface area contributed by atoms with Gasteiger partial charge >= 0.3 is 5.97 Å². The molecule has 0 aromatic heterocycles. The molecule has 1 rings (SSSR count). The highest BCUT2D eigenvalue weighted by molar-refractivity contribution is 7.85. The third kappa shape index (κ3) is 6.61. The predicted molar refractivity (Wildman–Crippen MR) is 81.9 cm³/mol. The minimum Gasteiger partial charge on any atom is -0.461 e. The first kappa shape index (κ1) is 16.6. The zero-order valence-electron chi connectivity index (χ0n) is 12.2. The van der Waals surface area contributed by atoms with Gasteiger partial charge in [0, 0.05) is 6.21 Å². The van der Waals surface area contributed by atoms with Gasteiger partial charge in [0.25, 0.3) is 0 Å². The summed E-state index contributed by atoms with van der Waals surface area (Å²) in [6.07, 6.45) is 2.22. The number of rotatable bonds is 6. The maximum absolute atomic E-state index is 11.6. The van der Waals surface area contributed by atoms with Gasteiger partial charge in [-0.25, -0.2) is 4.21 Å². The lowest BCUT2D eigenvalue weighted by Crippen LogP contribution is -2.19. The van der Waals surface area contributed by atoms with Crippen LogP contribution in [0.4, 0.5) is 0 Å². The minimum atomic E-state index is -1.27. The van der Waals surface area contributed by atoms with E-state index in [4.69, 9.17) is 4.74 Å². The van der Waals surface area contributed by atoms with E-state index >= 15 is 0 Å². The van der Waals surface area contributed by atoms with Crippen molar-refractivity contribution in [1.82, 2.24) is 0 Å². The van der Waals surface area contributed by atoms with Gasteiger partial charge in [0.05, 0.1) is 11.2 Å². The van der Waals surface area contributed by atoms with Gasteiger partial charge in [0.1, 0.15) is 17.6 Å². The molecule has 0 aliphatic heterocycles. The van der Waals surface area contributed by atoms with E-state index in [-0.39, 0.29) is 23.7 Å². The third-order valence-corrected chi connectivity index (χ3v) is 3.80. The van der Waals surface area contributed by atoms with E-state index in [0.29, 0.717) is 6.42 Å². The average Bonchev–Trinajstić information content (AvgIpc) is 2.41. The van der Waals surface area contributed by atoms with E-state index in [2.05, 4.69) is 4.40 Å². The fourth-order valence-electron chi connectivity index (χ4n) is 1.27. The molecule has 0 unspecified atom stereocenters. The third-order valence-electron chi connectivity index (χ3n) is 2.41. The molecule has 20 heavy (non-hydrogen) atoms. The van der Waals surface area contributed by atoms with Crippen LogP contribution in [0.25, 0.3) is 0 Å². The maximum atomic E-state index is 11.6. The van der Waals surface area contributed by atoms with Gasteiger partial charge in [0.15, 0.2) is 0 Å². The van der Waals surface area contributed by atoms with E-state index < -0.39 is 11.0 Å². The van der Waals surface area contributed by atoms with Crippen molar-refractivity contribution in [2.45, 2.75) is 45.0 Å². The van der Waals surface area contributed by atoms with Gasteiger partial charge in [-0.2, -0.15) is 4.40 Å². The van der Waals surface area contributed by atoms with Crippen molar-refractivity contribution in [3.05, 3.63) is 35.9 Å². The van der Waals surface area contributed by atoms with Crippen molar-refractivity contribution in [3.63, 3.8) is 0 Å². The van der Waals surface area contributed by atoms with Crippen molar-refractivity contribution in [3.8, 4) is 0 Å². The van der Waals surface area contributed by atoms with E-state index in [0.717, 1.165) is 5.56 Å². The molecule has 0 aliphatic carbocycles. The molecule has 0 fully saturated rings. The Kier molecular flexibility index (Phi) is 6.58. The second-order valence-electron chi connectivity index (χ2n) is 5.33. The van der Waals surface area contributed by atoms with Crippen LogP contribution in [0.15, 0.2) is 34.7 Å². The number of esters is 1. The molecule has 4 nitrogen and oxygen atoms in total. The zero-order chi connectivity index (χ0) is 15.0. The average molecular weight is 295 g/mol. The number of benzene rings is 1. The first-order valence-corrected chi connectivity index (χ1v) is 7.64. The molecule has 0 spiro atoms. The Balaban J connectivity index is 2.24. The summed E-state index contributed by atoms with van der Waals surface area (Å²) in [6, 6.07) is 9.52.